The van der Waals surface area contributed by atoms with E-state index < -0.39 is 16.8 Å². The predicted molar refractivity (Wildman–Crippen MR) is 89.4 cm³/mol. The van der Waals surface area contributed by atoms with E-state index >= 15 is 0 Å². The Balaban J connectivity index is 1.92. The van der Waals surface area contributed by atoms with E-state index in [1.807, 2.05) is 36.9 Å². The summed E-state index contributed by atoms with van der Waals surface area (Å²) in [5.41, 5.74) is 0.817. The Hall–Kier alpha value is -1.84. The highest BCUT2D eigenvalue weighted by Gasteiger charge is 2.59. The molecule has 2 aliphatic rings. The minimum atomic E-state index is -0.845. The fourth-order valence-corrected chi connectivity index (χ4v) is 4.27. The highest BCUT2D eigenvalue weighted by molar-refractivity contribution is 5.97. The van der Waals surface area contributed by atoms with E-state index in [9.17, 15) is 14.7 Å². The van der Waals surface area contributed by atoms with Crippen molar-refractivity contribution in [1.29, 1.82) is 0 Å². The van der Waals surface area contributed by atoms with E-state index in [1.165, 1.54) is 5.56 Å². The minimum absolute atomic E-state index is 0.0899. The molecule has 0 spiro atoms. The molecule has 1 amide bonds. The average Bonchev–Trinajstić information content (AvgIpc) is 2.77. The lowest BCUT2D eigenvalue weighted by Gasteiger charge is -2.40. The van der Waals surface area contributed by atoms with Gasteiger partial charge in [0.25, 0.3) is 0 Å². The second-order valence-corrected chi connectivity index (χ2v) is 7.67. The van der Waals surface area contributed by atoms with Crippen LogP contribution in [0.15, 0.2) is 24.3 Å². The van der Waals surface area contributed by atoms with Gasteiger partial charge in [-0.2, -0.15) is 0 Å². The lowest BCUT2D eigenvalue weighted by molar-refractivity contribution is -0.155. The van der Waals surface area contributed by atoms with Crippen LogP contribution in [-0.2, 0) is 16.0 Å². The van der Waals surface area contributed by atoms with E-state index in [0.717, 1.165) is 25.1 Å². The minimum Gasteiger partial charge on any atom is -0.481 e. The van der Waals surface area contributed by atoms with Crippen molar-refractivity contribution in [3.05, 3.63) is 29.8 Å². The molecule has 2 atom stereocenters. The number of aryl methyl sites for hydroxylation is 1. The van der Waals surface area contributed by atoms with Crippen LogP contribution in [0.2, 0.25) is 0 Å². The lowest BCUT2D eigenvalue weighted by Crippen LogP contribution is -2.47. The molecule has 3 rings (SSSR count). The largest absolute Gasteiger partial charge is 0.481 e. The van der Waals surface area contributed by atoms with E-state index in [0.29, 0.717) is 12.8 Å². The van der Waals surface area contributed by atoms with Crippen LogP contribution >= 0.6 is 0 Å². The zero-order valence-corrected chi connectivity index (χ0v) is 14.1. The molecule has 4 nitrogen and oxygen atoms in total. The number of benzene rings is 1. The summed E-state index contributed by atoms with van der Waals surface area (Å²) in [5, 5.41) is 9.65. The van der Waals surface area contributed by atoms with Crippen LogP contribution in [0.4, 0.5) is 5.69 Å². The number of carbonyl (C=O) groups excluding carboxylic acids is 1. The van der Waals surface area contributed by atoms with Crippen molar-refractivity contribution in [2.24, 2.45) is 16.7 Å². The summed E-state index contributed by atoms with van der Waals surface area (Å²) < 4.78 is 0. The molecule has 0 radical (unpaired) electrons. The van der Waals surface area contributed by atoms with Crippen molar-refractivity contribution in [2.45, 2.75) is 46.5 Å². The lowest BCUT2D eigenvalue weighted by atomic mass is 9.65. The molecule has 1 N–H and O–H groups in total. The summed E-state index contributed by atoms with van der Waals surface area (Å²) in [6, 6.07) is 8.06. The van der Waals surface area contributed by atoms with E-state index in [2.05, 4.69) is 6.07 Å². The molecule has 0 aromatic heterocycles. The van der Waals surface area contributed by atoms with Crippen LogP contribution in [0.25, 0.3) is 0 Å². The van der Waals surface area contributed by atoms with Gasteiger partial charge in [-0.15, -0.1) is 0 Å². The molecule has 4 heteroatoms. The molecule has 0 bridgehead atoms. The first kappa shape index (κ1) is 16.0. The molecule has 1 aliphatic heterocycles. The maximum atomic E-state index is 13.2. The maximum absolute atomic E-state index is 13.2. The molecule has 1 aromatic carbocycles. The van der Waals surface area contributed by atoms with Crippen molar-refractivity contribution in [1.82, 2.24) is 0 Å². The van der Waals surface area contributed by atoms with Gasteiger partial charge in [0.15, 0.2) is 0 Å². The van der Waals surface area contributed by atoms with Gasteiger partial charge in [0.05, 0.1) is 5.41 Å². The van der Waals surface area contributed by atoms with E-state index in [4.69, 9.17) is 0 Å². The Kier molecular flexibility index (Phi) is 3.74. The Morgan fingerprint density at radius 2 is 1.91 bits per heavy atom. The molecule has 1 saturated carbocycles. The van der Waals surface area contributed by atoms with E-state index in [1.54, 1.807) is 6.92 Å². The van der Waals surface area contributed by atoms with Gasteiger partial charge in [0.1, 0.15) is 0 Å². The van der Waals surface area contributed by atoms with Crippen molar-refractivity contribution >= 4 is 17.6 Å². The Morgan fingerprint density at radius 1 is 1.22 bits per heavy atom. The Bertz CT molecular complexity index is 652. The first-order chi connectivity index (χ1) is 10.8. The monoisotopic (exact) mass is 315 g/mol. The summed E-state index contributed by atoms with van der Waals surface area (Å²) in [4.78, 5) is 26.9. The standard InChI is InChI=1S/C19H25NO3/c1-18(2)14(10-11-19(18,3)17(22)23)16(21)20-12-6-8-13-7-4-5-9-15(13)20/h4-5,7,9,14H,6,8,10-12H2,1-3H3,(H,22,23). The SMILES string of the molecule is CC1(C(=O)O)CCC(C(=O)N2CCCc3ccccc32)C1(C)C. The number of nitrogens with zero attached hydrogens (tertiary/aromatic N) is 1. The van der Waals surface area contributed by atoms with Gasteiger partial charge in [0.2, 0.25) is 5.91 Å². The van der Waals surface area contributed by atoms with Crippen LogP contribution < -0.4 is 4.90 Å². The van der Waals surface area contributed by atoms with Gasteiger partial charge in [-0.1, -0.05) is 32.0 Å². The fraction of sp³-hybridized carbons (Fsp3) is 0.579. The molecule has 2 unspecified atom stereocenters. The Morgan fingerprint density at radius 3 is 2.57 bits per heavy atom. The number of para-hydroxylation sites is 1. The van der Waals surface area contributed by atoms with Crippen molar-refractivity contribution < 1.29 is 14.7 Å². The molecule has 1 heterocycles. The number of anilines is 1. The van der Waals surface area contributed by atoms with Crippen LogP contribution in [-0.4, -0.2) is 23.5 Å². The Labute approximate surface area is 137 Å². The van der Waals surface area contributed by atoms with Crippen LogP contribution in [0, 0.1) is 16.7 Å². The molecular weight excluding hydrogens is 290 g/mol. The molecular formula is C19H25NO3. The number of carboxylic acid groups (broad SMARTS) is 1. The first-order valence-corrected chi connectivity index (χ1v) is 8.42. The van der Waals surface area contributed by atoms with Gasteiger partial charge in [-0.3, -0.25) is 9.59 Å². The molecule has 0 saturated heterocycles. The van der Waals surface area contributed by atoms with Crippen molar-refractivity contribution in [2.75, 3.05) is 11.4 Å². The highest BCUT2D eigenvalue weighted by atomic mass is 16.4. The topological polar surface area (TPSA) is 57.6 Å². The van der Waals surface area contributed by atoms with Gasteiger partial charge in [-0.05, 0) is 49.7 Å². The summed E-state index contributed by atoms with van der Waals surface area (Å²) in [6.45, 7) is 6.39. The summed E-state index contributed by atoms with van der Waals surface area (Å²) in [6.07, 6.45) is 3.17. The third-order valence-electron chi connectivity index (χ3n) is 6.37. The van der Waals surface area contributed by atoms with Crippen LogP contribution in [0.3, 0.4) is 0 Å². The predicted octanol–water partition coefficient (Wildman–Crippen LogP) is 3.49. The quantitative estimate of drug-likeness (QED) is 0.909. The third kappa shape index (κ3) is 2.27. The number of rotatable bonds is 2. The molecule has 1 fully saturated rings. The van der Waals surface area contributed by atoms with Gasteiger partial charge in [0, 0.05) is 18.2 Å². The molecule has 23 heavy (non-hydrogen) atoms. The van der Waals surface area contributed by atoms with Gasteiger partial charge in [-0.25, -0.2) is 0 Å². The van der Waals surface area contributed by atoms with Gasteiger partial charge < -0.3 is 10.0 Å². The van der Waals surface area contributed by atoms with Gasteiger partial charge >= 0.3 is 5.97 Å². The smallest absolute Gasteiger partial charge is 0.309 e. The second kappa shape index (κ2) is 5.36. The van der Waals surface area contributed by atoms with Crippen LogP contribution in [0.5, 0.6) is 0 Å². The first-order valence-electron chi connectivity index (χ1n) is 8.42. The zero-order chi connectivity index (χ0) is 16.8. The van der Waals surface area contributed by atoms with Crippen LogP contribution in [0.1, 0.15) is 45.6 Å². The highest BCUT2D eigenvalue weighted by Crippen LogP contribution is 2.56. The normalized spacial score (nSPS) is 29.2. The molecule has 124 valence electrons. The summed E-state index contributed by atoms with van der Waals surface area (Å²) >= 11 is 0. The number of carbonyl (C=O) groups is 2. The number of aliphatic carboxylic acids is 1. The third-order valence-corrected chi connectivity index (χ3v) is 6.37. The number of hydrogen-bond donors (Lipinski definition) is 1. The average molecular weight is 315 g/mol. The summed E-state index contributed by atoms with van der Waals surface area (Å²) in [5.74, 6) is -0.946. The fourth-order valence-electron chi connectivity index (χ4n) is 4.27. The van der Waals surface area contributed by atoms with Crippen molar-refractivity contribution in [3.63, 3.8) is 0 Å². The summed E-state index contributed by atoms with van der Waals surface area (Å²) in [7, 11) is 0. The van der Waals surface area contributed by atoms with E-state index in [-0.39, 0.29) is 11.8 Å². The maximum Gasteiger partial charge on any atom is 0.309 e. The molecule has 1 aromatic rings. The number of fused-ring (bicyclic) bond motifs is 1. The second-order valence-electron chi connectivity index (χ2n) is 7.67. The molecule has 1 aliphatic carbocycles. The number of amides is 1. The number of hydrogen-bond acceptors (Lipinski definition) is 2. The number of carboxylic acids is 1. The van der Waals surface area contributed by atoms with Crippen molar-refractivity contribution in [3.8, 4) is 0 Å². The zero-order valence-electron chi connectivity index (χ0n) is 14.1.